The highest BCUT2D eigenvalue weighted by Gasteiger charge is 2.27. The average Bonchev–Trinajstić information content (AvgIpc) is 2.05. The summed E-state index contributed by atoms with van der Waals surface area (Å²) in [7, 11) is 0. The molecule has 3 heteroatoms. The van der Waals surface area contributed by atoms with Crippen LogP contribution in [0, 0.1) is 17.3 Å². The maximum Gasteiger partial charge on any atom is 0.312 e. The van der Waals surface area contributed by atoms with Crippen molar-refractivity contribution in [2.24, 2.45) is 5.41 Å². The predicted octanol–water partition coefficient (Wildman–Crippen LogP) is 2.36. The minimum atomic E-state index is -0.495. The first-order chi connectivity index (χ1) is 6.04. The van der Waals surface area contributed by atoms with Crippen LogP contribution >= 0.6 is 15.9 Å². The second-order valence-corrected chi connectivity index (χ2v) is 3.83. The summed E-state index contributed by atoms with van der Waals surface area (Å²) in [6.45, 7) is 5.91. The van der Waals surface area contributed by atoms with E-state index in [1.165, 1.54) is 0 Å². The lowest BCUT2D eigenvalue weighted by atomic mass is 9.90. The van der Waals surface area contributed by atoms with Crippen LogP contribution in [-0.2, 0) is 9.53 Å². The molecule has 0 aromatic rings. The predicted molar refractivity (Wildman–Crippen MR) is 56.6 cm³/mol. The second-order valence-electron chi connectivity index (χ2n) is 3.27. The summed E-state index contributed by atoms with van der Waals surface area (Å²) in [5.41, 5.74) is -0.495. The van der Waals surface area contributed by atoms with Crippen LogP contribution in [0.1, 0.15) is 27.2 Å². The molecule has 74 valence electrons. The van der Waals surface area contributed by atoms with E-state index in [0.717, 1.165) is 0 Å². The van der Waals surface area contributed by atoms with Crippen LogP contribution in [0.5, 0.6) is 0 Å². The van der Waals surface area contributed by atoms with Gasteiger partial charge in [-0.05, 0) is 20.8 Å². The first-order valence-corrected chi connectivity index (χ1v) is 5.35. The molecule has 0 unspecified atom stereocenters. The molecule has 0 radical (unpaired) electrons. The van der Waals surface area contributed by atoms with Crippen LogP contribution in [0.4, 0.5) is 0 Å². The Labute approximate surface area is 88.2 Å². The lowest BCUT2D eigenvalue weighted by molar-refractivity contribution is -0.153. The Balaban J connectivity index is 4.13. The Morgan fingerprint density at radius 2 is 2.08 bits per heavy atom. The monoisotopic (exact) mass is 246 g/mol. The van der Waals surface area contributed by atoms with E-state index in [2.05, 4.69) is 27.8 Å². The van der Waals surface area contributed by atoms with Gasteiger partial charge >= 0.3 is 5.97 Å². The number of carbonyl (C=O) groups is 1. The summed E-state index contributed by atoms with van der Waals surface area (Å²) >= 11 is 3.20. The second kappa shape index (κ2) is 6.04. The molecule has 0 N–H and O–H groups in total. The molecule has 0 saturated carbocycles. The van der Waals surface area contributed by atoms with Crippen LogP contribution in [0.2, 0.25) is 0 Å². The molecule has 0 aromatic carbocycles. The highest BCUT2D eigenvalue weighted by molar-refractivity contribution is 9.09. The third kappa shape index (κ3) is 4.94. The molecule has 0 aliphatic carbocycles. The number of ether oxygens (including phenoxy) is 1. The number of rotatable bonds is 3. The molecule has 0 heterocycles. The standard InChI is InChI=1S/C10H15BrO2/c1-4-13-9(12)10(2,3)7-5-6-8-11/h4,7-8H2,1-3H3. The fraction of sp³-hybridized carbons (Fsp3) is 0.700. The molecule has 0 aliphatic rings. The zero-order valence-corrected chi connectivity index (χ0v) is 9.90. The van der Waals surface area contributed by atoms with Gasteiger partial charge in [-0.3, -0.25) is 4.79 Å². The Morgan fingerprint density at radius 3 is 2.54 bits per heavy atom. The largest absolute Gasteiger partial charge is 0.466 e. The minimum Gasteiger partial charge on any atom is -0.466 e. The first kappa shape index (κ1) is 12.5. The molecule has 0 bridgehead atoms. The van der Waals surface area contributed by atoms with Crippen molar-refractivity contribution in [2.45, 2.75) is 27.2 Å². The summed E-state index contributed by atoms with van der Waals surface area (Å²) in [6.07, 6.45) is 0.539. The van der Waals surface area contributed by atoms with Gasteiger partial charge in [-0.2, -0.15) is 0 Å². The Kier molecular flexibility index (Phi) is 5.81. The van der Waals surface area contributed by atoms with Crippen molar-refractivity contribution in [3.8, 4) is 11.8 Å². The van der Waals surface area contributed by atoms with Gasteiger partial charge < -0.3 is 4.74 Å². The van der Waals surface area contributed by atoms with Gasteiger partial charge in [0.2, 0.25) is 0 Å². The number of hydrogen-bond donors (Lipinski definition) is 0. The molecular formula is C10H15BrO2. The highest BCUT2D eigenvalue weighted by atomic mass is 79.9. The van der Waals surface area contributed by atoms with Gasteiger partial charge in [0.15, 0.2) is 0 Å². The molecule has 0 atom stereocenters. The summed E-state index contributed by atoms with van der Waals surface area (Å²) in [5, 5.41) is 0.645. The van der Waals surface area contributed by atoms with E-state index in [0.29, 0.717) is 18.4 Å². The topological polar surface area (TPSA) is 26.3 Å². The van der Waals surface area contributed by atoms with Crippen LogP contribution in [0.15, 0.2) is 0 Å². The number of hydrogen-bond acceptors (Lipinski definition) is 2. The minimum absolute atomic E-state index is 0.182. The van der Waals surface area contributed by atoms with Gasteiger partial charge in [0.05, 0.1) is 17.4 Å². The lowest BCUT2D eigenvalue weighted by Crippen LogP contribution is -2.26. The Bertz CT molecular complexity index is 223. The van der Waals surface area contributed by atoms with Crippen molar-refractivity contribution in [1.29, 1.82) is 0 Å². The van der Waals surface area contributed by atoms with Gasteiger partial charge in [-0.15, -0.1) is 5.92 Å². The Morgan fingerprint density at radius 1 is 1.46 bits per heavy atom. The third-order valence-electron chi connectivity index (χ3n) is 1.55. The molecule has 0 rings (SSSR count). The van der Waals surface area contributed by atoms with E-state index in [-0.39, 0.29) is 5.97 Å². The molecule has 13 heavy (non-hydrogen) atoms. The van der Waals surface area contributed by atoms with E-state index < -0.39 is 5.41 Å². The lowest BCUT2D eigenvalue weighted by Gasteiger charge is -2.18. The van der Waals surface area contributed by atoms with Crippen molar-refractivity contribution in [3.63, 3.8) is 0 Å². The third-order valence-corrected chi connectivity index (χ3v) is 1.83. The maximum atomic E-state index is 11.4. The van der Waals surface area contributed by atoms with Gasteiger partial charge in [0.1, 0.15) is 0 Å². The highest BCUT2D eigenvalue weighted by Crippen LogP contribution is 2.21. The van der Waals surface area contributed by atoms with E-state index in [1.807, 2.05) is 13.8 Å². The molecule has 2 nitrogen and oxygen atoms in total. The summed E-state index contributed by atoms with van der Waals surface area (Å²) in [5.74, 6) is 5.60. The SMILES string of the molecule is CCOC(=O)C(C)(C)CC#CCBr. The molecule has 0 aromatic heterocycles. The molecule has 0 spiro atoms. The van der Waals surface area contributed by atoms with Gasteiger partial charge in [0, 0.05) is 6.42 Å². The van der Waals surface area contributed by atoms with Crippen molar-refractivity contribution in [2.75, 3.05) is 11.9 Å². The van der Waals surface area contributed by atoms with Crippen molar-refractivity contribution >= 4 is 21.9 Å². The summed E-state index contributed by atoms with van der Waals surface area (Å²) in [6, 6.07) is 0. The van der Waals surface area contributed by atoms with E-state index in [9.17, 15) is 4.79 Å². The summed E-state index contributed by atoms with van der Waals surface area (Å²) < 4.78 is 4.92. The number of carbonyl (C=O) groups excluding carboxylic acids is 1. The van der Waals surface area contributed by atoms with E-state index in [4.69, 9.17) is 4.74 Å². The first-order valence-electron chi connectivity index (χ1n) is 4.23. The maximum absolute atomic E-state index is 11.4. The van der Waals surface area contributed by atoms with Crippen LogP contribution in [0.3, 0.4) is 0 Å². The molecule has 0 fully saturated rings. The molecule has 0 amide bonds. The van der Waals surface area contributed by atoms with E-state index in [1.54, 1.807) is 6.92 Å². The van der Waals surface area contributed by atoms with Crippen LogP contribution in [-0.4, -0.2) is 17.9 Å². The normalized spacial score (nSPS) is 10.2. The van der Waals surface area contributed by atoms with Crippen LogP contribution < -0.4 is 0 Å². The van der Waals surface area contributed by atoms with Crippen molar-refractivity contribution < 1.29 is 9.53 Å². The molecule has 0 aliphatic heterocycles. The fourth-order valence-corrected chi connectivity index (χ4v) is 0.928. The van der Waals surface area contributed by atoms with Gasteiger partial charge in [0.25, 0.3) is 0 Å². The van der Waals surface area contributed by atoms with Gasteiger partial charge in [-0.1, -0.05) is 21.9 Å². The van der Waals surface area contributed by atoms with Crippen LogP contribution in [0.25, 0.3) is 0 Å². The smallest absolute Gasteiger partial charge is 0.312 e. The average molecular weight is 247 g/mol. The van der Waals surface area contributed by atoms with Crippen molar-refractivity contribution in [3.05, 3.63) is 0 Å². The molecular weight excluding hydrogens is 232 g/mol. The van der Waals surface area contributed by atoms with E-state index >= 15 is 0 Å². The summed E-state index contributed by atoms with van der Waals surface area (Å²) in [4.78, 5) is 11.4. The number of halogens is 1. The number of esters is 1. The fourth-order valence-electron chi connectivity index (χ4n) is 0.729. The van der Waals surface area contributed by atoms with Crippen molar-refractivity contribution in [1.82, 2.24) is 0 Å². The zero-order valence-electron chi connectivity index (χ0n) is 8.32. The quantitative estimate of drug-likeness (QED) is 0.434. The van der Waals surface area contributed by atoms with Gasteiger partial charge in [-0.25, -0.2) is 0 Å². The molecule has 0 saturated heterocycles. The zero-order chi connectivity index (χ0) is 10.3. The Hall–Kier alpha value is -0.490. The number of alkyl halides is 1.